The van der Waals surface area contributed by atoms with E-state index < -0.39 is 6.10 Å². The van der Waals surface area contributed by atoms with Gasteiger partial charge in [0, 0.05) is 24.3 Å². The van der Waals surface area contributed by atoms with Crippen molar-refractivity contribution in [3.05, 3.63) is 90.0 Å². The molecule has 0 radical (unpaired) electrons. The first-order valence-corrected chi connectivity index (χ1v) is 9.75. The predicted octanol–water partition coefficient (Wildman–Crippen LogP) is 3.48. The first-order valence-electron chi connectivity index (χ1n) is 9.75. The molecule has 0 saturated heterocycles. The number of amides is 1. The highest BCUT2D eigenvalue weighted by molar-refractivity contribution is 6.04. The number of hydrogen-bond donors (Lipinski definition) is 3. The van der Waals surface area contributed by atoms with E-state index in [2.05, 4.69) is 10.6 Å². The fourth-order valence-electron chi connectivity index (χ4n) is 2.86. The summed E-state index contributed by atoms with van der Waals surface area (Å²) in [4.78, 5) is 12.4. The van der Waals surface area contributed by atoms with Crippen LogP contribution in [0.25, 0.3) is 0 Å². The molecule has 0 saturated carbocycles. The summed E-state index contributed by atoms with van der Waals surface area (Å²) in [5, 5.41) is 16.2. The van der Waals surface area contributed by atoms with Gasteiger partial charge in [0.05, 0.1) is 7.11 Å². The van der Waals surface area contributed by atoms with Gasteiger partial charge in [-0.15, -0.1) is 0 Å². The minimum absolute atomic E-state index is 0.184. The summed E-state index contributed by atoms with van der Waals surface area (Å²) in [5.74, 6) is 1.25. The van der Waals surface area contributed by atoms with Gasteiger partial charge >= 0.3 is 0 Å². The van der Waals surface area contributed by atoms with Gasteiger partial charge in [-0.25, -0.2) is 0 Å². The van der Waals surface area contributed by atoms with Crippen LogP contribution in [0.5, 0.6) is 11.5 Å². The van der Waals surface area contributed by atoms with Gasteiger partial charge in [0.25, 0.3) is 5.91 Å². The van der Waals surface area contributed by atoms with Gasteiger partial charge in [0.2, 0.25) is 0 Å². The number of anilines is 1. The summed E-state index contributed by atoms with van der Waals surface area (Å²) in [6.45, 7) is 1.18. The van der Waals surface area contributed by atoms with Crippen LogP contribution in [-0.2, 0) is 6.54 Å². The Morgan fingerprint density at radius 2 is 1.73 bits per heavy atom. The molecule has 0 aromatic heterocycles. The van der Waals surface area contributed by atoms with Crippen molar-refractivity contribution >= 4 is 11.6 Å². The second-order valence-corrected chi connectivity index (χ2v) is 6.79. The number of rotatable bonds is 10. The van der Waals surface area contributed by atoms with E-state index in [9.17, 15) is 9.90 Å². The maximum absolute atomic E-state index is 12.4. The van der Waals surface area contributed by atoms with Gasteiger partial charge in [0.15, 0.2) is 0 Å². The zero-order valence-corrected chi connectivity index (χ0v) is 16.9. The Kier molecular flexibility index (Phi) is 7.83. The molecule has 0 spiro atoms. The molecule has 0 bridgehead atoms. The van der Waals surface area contributed by atoms with Gasteiger partial charge < -0.3 is 25.2 Å². The first kappa shape index (κ1) is 21.4. The molecule has 30 heavy (non-hydrogen) atoms. The number of nitrogens with one attached hydrogen (secondary N) is 2. The third-order valence-electron chi connectivity index (χ3n) is 4.43. The highest BCUT2D eigenvalue weighted by Crippen LogP contribution is 2.15. The minimum Gasteiger partial charge on any atom is -0.497 e. The lowest BCUT2D eigenvalue weighted by molar-refractivity contribution is 0.102. The molecule has 3 aromatic rings. The van der Waals surface area contributed by atoms with Crippen LogP contribution >= 0.6 is 0 Å². The Morgan fingerprint density at radius 1 is 0.967 bits per heavy atom. The standard InChI is InChI=1S/C24H26N2O4/c1-29-22-12-10-19(11-13-22)24(28)26-20-7-5-6-18(14-20)15-25-16-21(27)17-30-23-8-3-2-4-9-23/h2-14,21,25,27H,15-17H2,1H3,(H,26,28). The molecule has 3 rings (SSSR count). The van der Waals surface area contributed by atoms with Crippen LogP contribution in [0.15, 0.2) is 78.9 Å². The molecule has 3 N–H and O–H groups in total. The fraction of sp³-hybridized carbons (Fsp3) is 0.208. The van der Waals surface area contributed by atoms with Crippen LogP contribution in [0, 0.1) is 0 Å². The predicted molar refractivity (Wildman–Crippen MR) is 117 cm³/mol. The number of benzene rings is 3. The molecular formula is C24H26N2O4. The van der Waals surface area contributed by atoms with Crippen molar-refractivity contribution in [1.82, 2.24) is 5.32 Å². The number of aliphatic hydroxyl groups is 1. The lowest BCUT2D eigenvalue weighted by Crippen LogP contribution is -2.31. The maximum Gasteiger partial charge on any atom is 0.255 e. The van der Waals surface area contributed by atoms with Crippen LogP contribution in [0.2, 0.25) is 0 Å². The molecule has 3 aromatic carbocycles. The number of methoxy groups -OCH3 is 1. The Labute approximate surface area is 176 Å². The third-order valence-corrected chi connectivity index (χ3v) is 4.43. The number of aliphatic hydroxyl groups excluding tert-OH is 1. The summed E-state index contributed by atoms with van der Waals surface area (Å²) in [6, 6.07) is 23.9. The normalized spacial score (nSPS) is 11.5. The van der Waals surface area contributed by atoms with Crippen molar-refractivity contribution in [1.29, 1.82) is 0 Å². The molecule has 0 heterocycles. The first-order chi connectivity index (χ1) is 14.6. The topological polar surface area (TPSA) is 79.8 Å². The second-order valence-electron chi connectivity index (χ2n) is 6.79. The largest absolute Gasteiger partial charge is 0.497 e. The Balaban J connectivity index is 1.44. The van der Waals surface area contributed by atoms with Crippen LogP contribution in [0.1, 0.15) is 15.9 Å². The van der Waals surface area contributed by atoms with Crippen molar-refractivity contribution in [2.45, 2.75) is 12.6 Å². The maximum atomic E-state index is 12.4. The molecule has 0 aliphatic rings. The zero-order chi connectivity index (χ0) is 21.2. The smallest absolute Gasteiger partial charge is 0.255 e. The van der Waals surface area contributed by atoms with E-state index >= 15 is 0 Å². The van der Waals surface area contributed by atoms with Gasteiger partial charge in [-0.3, -0.25) is 4.79 Å². The van der Waals surface area contributed by atoms with Gasteiger partial charge in [-0.1, -0.05) is 30.3 Å². The summed E-state index contributed by atoms with van der Waals surface area (Å²) >= 11 is 0. The van der Waals surface area contributed by atoms with E-state index in [1.54, 1.807) is 31.4 Å². The Morgan fingerprint density at radius 3 is 2.47 bits per heavy atom. The SMILES string of the molecule is COc1ccc(C(=O)Nc2cccc(CNCC(O)COc3ccccc3)c2)cc1. The van der Waals surface area contributed by atoms with Crippen molar-refractivity contribution in [2.24, 2.45) is 0 Å². The summed E-state index contributed by atoms with van der Waals surface area (Å²) in [5.41, 5.74) is 2.27. The monoisotopic (exact) mass is 406 g/mol. The molecule has 1 unspecified atom stereocenters. The molecule has 0 aliphatic heterocycles. The fourth-order valence-corrected chi connectivity index (χ4v) is 2.86. The average Bonchev–Trinajstić information content (AvgIpc) is 2.79. The highest BCUT2D eigenvalue weighted by Gasteiger charge is 2.08. The zero-order valence-electron chi connectivity index (χ0n) is 16.9. The van der Waals surface area contributed by atoms with Gasteiger partial charge in [-0.2, -0.15) is 0 Å². The molecule has 6 heteroatoms. The molecule has 1 atom stereocenters. The Bertz CT molecular complexity index is 929. The molecule has 6 nitrogen and oxygen atoms in total. The quantitative estimate of drug-likeness (QED) is 0.480. The average molecular weight is 406 g/mol. The molecule has 156 valence electrons. The van der Waals surface area contributed by atoms with Crippen LogP contribution in [0.3, 0.4) is 0 Å². The van der Waals surface area contributed by atoms with Crippen molar-refractivity contribution < 1.29 is 19.4 Å². The lowest BCUT2D eigenvalue weighted by Gasteiger charge is -2.14. The number of carbonyl (C=O) groups excluding carboxylic acids is 1. The molecule has 0 aliphatic carbocycles. The number of hydrogen-bond acceptors (Lipinski definition) is 5. The van der Waals surface area contributed by atoms with Crippen LogP contribution < -0.4 is 20.1 Å². The summed E-state index contributed by atoms with van der Waals surface area (Å²) in [6.07, 6.45) is -0.622. The van der Waals surface area contributed by atoms with Gasteiger partial charge in [0.1, 0.15) is 24.2 Å². The van der Waals surface area contributed by atoms with Crippen LogP contribution in [0.4, 0.5) is 5.69 Å². The van der Waals surface area contributed by atoms with E-state index in [1.165, 1.54) is 0 Å². The number of ether oxygens (including phenoxy) is 2. The van der Waals surface area contributed by atoms with Gasteiger partial charge in [-0.05, 0) is 54.1 Å². The van der Waals surface area contributed by atoms with Crippen molar-refractivity contribution in [3.8, 4) is 11.5 Å². The highest BCUT2D eigenvalue weighted by atomic mass is 16.5. The minimum atomic E-state index is -0.622. The summed E-state index contributed by atoms with van der Waals surface area (Å²) in [7, 11) is 1.59. The number of para-hydroxylation sites is 1. The van der Waals surface area contributed by atoms with E-state index in [1.807, 2.05) is 54.6 Å². The molecule has 1 amide bonds. The number of carbonyl (C=O) groups is 1. The van der Waals surface area contributed by atoms with E-state index in [-0.39, 0.29) is 12.5 Å². The van der Waals surface area contributed by atoms with E-state index in [4.69, 9.17) is 9.47 Å². The van der Waals surface area contributed by atoms with E-state index in [0.717, 1.165) is 11.3 Å². The summed E-state index contributed by atoms with van der Waals surface area (Å²) < 4.78 is 10.7. The van der Waals surface area contributed by atoms with E-state index in [0.29, 0.717) is 30.1 Å². The lowest BCUT2D eigenvalue weighted by atomic mass is 10.1. The molecular weight excluding hydrogens is 380 g/mol. The van der Waals surface area contributed by atoms with Crippen molar-refractivity contribution in [2.75, 3.05) is 25.6 Å². The van der Waals surface area contributed by atoms with Crippen LogP contribution in [-0.4, -0.2) is 37.4 Å². The van der Waals surface area contributed by atoms with Crippen molar-refractivity contribution in [3.63, 3.8) is 0 Å². The Hall–Kier alpha value is -3.35. The second kappa shape index (κ2) is 11.0. The molecule has 0 fully saturated rings. The third kappa shape index (κ3) is 6.62.